The first kappa shape index (κ1) is 19.5. The number of fused-ring (bicyclic) bond motifs is 2. The lowest BCUT2D eigenvalue weighted by molar-refractivity contribution is -0.0185. The predicted molar refractivity (Wildman–Crippen MR) is 98.6 cm³/mol. The van der Waals surface area contributed by atoms with Crippen LogP contribution in [0.4, 0.5) is 4.79 Å². The van der Waals surface area contributed by atoms with E-state index in [1.165, 1.54) is 11.8 Å². The number of rotatable bonds is 5. The number of carbonyl (C=O) groups excluding carboxylic acids is 1. The Morgan fingerprint density at radius 2 is 2.08 bits per heavy atom. The van der Waals surface area contributed by atoms with Gasteiger partial charge in [0, 0.05) is 17.0 Å². The summed E-state index contributed by atoms with van der Waals surface area (Å²) in [5.41, 5.74) is 8.81. The van der Waals surface area contributed by atoms with E-state index in [2.05, 4.69) is 23.9 Å². The summed E-state index contributed by atoms with van der Waals surface area (Å²) in [5, 5.41) is 3.61. The Bertz CT molecular complexity index is 599. The normalized spacial score (nSPS) is 23.1. The predicted octanol–water partition coefficient (Wildman–Crippen LogP) is 1.29. The van der Waals surface area contributed by atoms with Gasteiger partial charge in [0.25, 0.3) is 0 Å². The van der Waals surface area contributed by atoms with Crippen LogP contribution < -0.4 is 22.3 Å². The molecule has 0 spiro atoms. The molecule has 8 nitrogen and oxygen atoms in total. The molecule has 2 unspecified atom stereocenters. The first-order chi connectivity index (χ1) is 11.6. The number of nitrogens with one attached hydrogen (secondary N) is 2. The molecule has 0 aliphatic carbocycles. The molecule has 2 amide bonds. The first-order valence-electron chi connectivity index (χ1n) is 7.99. The number of hydrazine groups is 1. The molecule has 0 aromatic rings. The van der Waals surface area contributed by atoms with Crippen LogP contribution >= 0.6 is 11.8 Å². The third-order valence-electron chi connectivity index (χ3n) is 3.69. The number of thioether (sulfide) groups is 1. The number of morpholine rings is 1. The van der Waals surface area contributed by atoms with Crippen molar-refractivity contribution < 1.29 is 14.3 Å². The van der Waals surface area contributed by atoms with Gasteiger partial charge in [-0.25, -0.2) is 10.6 Å². The number of amides is 2. The van der Waals surface area contributed by atoms with Gasteiger partial charge in [-0.3, -0.25) is 5.43 Å². The highest BCUT2D eigenvalue weighted by molar-refractivity contribution is 8.06. The molecule has 6 N–H and O–H groups in total. The van der Waals surface area contributed by atoms with Crippen molar-refractivity contribution in [2.75, 3.05) is 13.2 Å². The van der Waals surface area contributed by atoms with E-state index >= 15 is 0 Å². The van der Waals surface area contributed by atoms with E-state index in [9.17, 15) is 4.79 Å². The van der Waals surface area contributed by atoms with E-state index in [1.54, 1.807) is 4.90 Å². The van der Waals surface area contributed by atoms with Crippen molar-refractivity contribution >= 4 is 17.8 Å². The smallest absolute Gasteiger partial charge is 0.332 e. The zero-order valence-corrected chi connectivity index (χ0v) is 15.7. The molecule has 2 aliphatic rings. The largest absolute Gasteiger partial charge is 0.474 e. The molecule has 1 fully saturated rings. The quantitative estimate of drug-likeness (QED) is 0.250. The maximum atomic E-state index is 12.1. The van der Waals surface area contributed by atoms with Gasteiger partial charge < -0.3 is 25.4 Å². The Morgan fingerprint density at radius 1 is 1.40 bits per heavy atom. The zero-order chi connectivity index (χ0) is 18.8. The number of nitrogens with two attached hydrogens (primary N) is 2. The Kier molecular flexibility index (Phi) is 5.91. The van der Waals surface area contributed by atoms with Crippen LogP contribution in [-0.4, -0.2) is 41.8 Å². The number of hydrogen-bond donors (Lipinski definition) is 4. The molecule has 0 saturated carbocycles. The lowest BCUT2D eigenvalue weighted by Crippen LogP contribution is -2.61. The van der Waals surface area contributed by atoms with Crippen LogP contribution in [0.1, 0.15) is 27.2 Å². The highest BCUT2D eigenvalue weighted by atomic mass is 32.2. The van der Waals surface area contributed by atoms with Crippen LogP contribution in [0.5, 0.6) is 0 Å². The molecule has 2 atom stereocenters. The Hall–Kier alpha value is -1.84. The van der Waals surface area contributed by atoms with E-state index in [-0.39, 0.29) is 23.7 Å². The second kappa shape index (κ2) is 7.59. The second-order valence-electron chi connectivity index (χ2n) is 6.95. The number of carbonyl (C=O) groups is 1. The molecule has 2 heterocycles. The van der Waals surface area contributed by atoms with E-state index < -0.39 is 0 Å². The fraction of sp³-hybridized carbons (Fsp3) is 0.562. The summed E-state index contributed by atoms with van der Waals surface area (Å²) in [6.07, 6.45) is 0.527. The van der Waals surface area contributed by atoms with Crippen LogP contribution in [0.2, 0.25) is 0 Å². The minimum absolute atomic E-state index is 0.118. The van der Waals surface area contributed by atoms with Gasteiger partial charge in [0.05, 0.1) is 30.3 Å². The van der Waals surface area contributed by atoms with Crippen molar-refractivity contribution in [1.82, 2.24) is 15.6 Å². The molecule has 0 aromatic carbocycles. The summed E-state index contributed by atoms with van der Waals surface area (Å²) < 4.78 is 11.3. The Balaban J connectivity index is 2.09. The molecule has 1 saturated heterocycles. The number of ether oxygens (including phenoxy) is 2. The fourth-order valence-electron chi connectivity index (χ4n) is 2.88. The average molecular weight is 369 g/mol. The maximum absolute atomic E-state index is 12.1. The van der Waals surface area contributed by atoms with Crippen molar-refractivity contribution in [2.24, 2.45) is 11.6 Å². The summed E-state index contributed by atoms with van der Waals surface area (Å²) >= 11 is 1.35. The van der Waals surface area contributed by atoms with Gasteiger partial charge in [0.1, 0.15) is 5.60 Å². The number of urea groups is 1. The summed E-state index contributed by atoms with van der Waals surface area (Å²) in [4.78, 5) is 14.7. The molecule has 2 aliphatic heterocycles. The third kappa shape index (κ3) is 4.83. The fourth-order valence-corrected chi connectivity index (χ4v) is 3.85. The van der Waals surface area contributed by atoms with Crippen LogP contribution in [0, 0.1) is 0 Å². The molecule has 9 heteroatoms. The Labute approximate surface area is 152 Å². The van der Waals surface area contributed by atoms with E-state index in [4.69, 9.17) is 21.1 Å². The molecular formula is C16H27N5O3S. The van der Waals surface area contributed by atoms with Crippen molar-refractivity contribution in [1.29, 1.82) is 0 Å². The molecule has 0 aromatic heterocycles. The van der Waals surface area contributed by atoms with Gasteiger partial charge >= 0.3 is 6.03 Å². The lowest BCUT2D eigenvalue weighted by Gasteiger charge is -2.46. The number of nitrogens with zero attached hydrogens (tertiary/aromatic N) is 1. The summed E-state index contributed by atoms with van der Waals surface area (Å²) in [6, 6.07) is -0.758. The highest BCUT2D eigenvalue weighted by Crippen LogP contribution is 2.38. The van der Waals surface area contributed by atoms with Crippen molar-refractivity contribution in [2.45, 2.75) is 44.9 Å². The minimum Gasteiger partial charge on any atom is -0.474 e. The first-order valence-corrected chi connectivity index (χ1v) is 8.81. The zero-order valence-electron chi connectivity index (χ0n) is 14.9. The van der Waals surface area contributed by atoms with Crippen molar-refractivity contribution in [3.63, 3.8) is 0 Å². The highest BCUT2D eigenvalue weighted by Gasteiger charge is 2.42. The average Bonchev–Trinajstić information content (AvgIpc) is 2.48. The second-order valence-corrected chi connectivity index (χ2v) is 8.08. The van der Waals surface area contributed by atoms with E-state index in [0.29, 0.717) is 30.5 Å². The van der Waals surface area contributed by atoms with Gasteiger partial charge in [-0.15, -0.1) is 0 Å². The monoisotopic (exact) mass is 369 g/mol. The third-order valence-corrected chi connectivity index (χ3v) is 4.79. The maximum Gasteiger partial charge on any atom is 0.332 e. The molecular weight excluding hydrogens is 342 g/mol. The van der Waals surface area contributed by atoms with Gasteiger partial charge in [-0.1, -0.05) is 18.3 Å². The van der Waals surface area contributed by atoms with Crippen LogP contribution in [0.25, 0.3) is 0 Å². The van der Waals surface area contributed by atoms with E-state index in [0.717, 1.165) is 10.6 Å². The van der Waals surface area contributed by atoms with Gasteiger partial charge in [-0.05, 0) is 27.4 Å². The molecule has 0 radical (unpaired) electrons. The van der Waals surface area contributed by atoms with E-state index in [1.807, 2.05) is 20.8 Å². The topological polar surface area (TPSA) is 115 Å². The summed E-state index contributed by atoms with van der Waals surface area (Å²) in [5.74, 6) is 5.72. The minimum atomic E-state index is -0.362. The summed E-state index contributed by atoms with van der Waals surface area (Å²) in [7, 11) is 0. The molecule has 25 heavy (non-hydrogen) atoms. The van der Waals surface area contributed by atoms with Crippen LogP contribution in [0.3, 0.4) is 0 Å². The lowest BCUT2D eigenvalue weighted by atomic mass is 9.99. The SMILES string of the molecule is C=C(NC(=C)SC1=C(N)CC2COCC1N2C(=O)NN)OC(C)(C)C. The molecule has 140 valence electrons. The Morgan fingerprint density at radius 3 is 2.68 bits per heavy atom. The molecule has 2 rings (SSSR count). The van der Waals surface area contributed by atoms with Gasteiger partial charge in [0.2, 0.25) is 0 Å². The summed E-state index contributed by atoms with van der Waals surface area (Å²) in [6.45, 7) is 14.4. The van der Waals surface area contributed by atoms with Crippen molar-refractivity contribution in [3.8, 4) is 0 Å². The van der Waals surface area contributed by atoms with Gasteiger partial charge in [-0.2, -0.15) is 0 Å². The van der Waals surface area contributed by atoms with Crippen molar-refractivity contribution in [3.05, 3.63) is 34.7 Å². The number of hydrogen-bond acceptors (Lipinski definition) is 7. The molecule has 2 bridgehead atoms. The van der Waals surface area contributed by atoms with Crippen LogP contribution in [0.15, 0.2) is 34.7 Å². The van der Waals surface area contributed by atoms with Crippen LogP contribution in [-0.2, 0) is 9.47 Å². The standard InChI is InChI=1S/C16H27N5O3S/c1-9(24-16(3,4)5)19-10(2)25-14-12(17)6-11-7-23-8-13(14)21(11)15(22)20-18/h11,13,19H,1-2,6-8,17-18H2,3-5H3,(H,20,22). The van der Waals surface area contributed by atoms with Gasteiger partial charge in [0.15, 0.2) is 5.88 Å².